The Morgan fingerprint density at radius 1 is 1.19 bits per heavy atom. The van der Waals surface area contributed by atoms with Gasteiger partial charge in [-0.1, -0.05) is 41.9 Å². The highest BCUT2D eigenvalue weighted by Crippen LogP contribution is 2.23. The molecule has 170 valence electrons. The van der Waals surface area contributed by atoms with Crippen LogP contribution in [0.15, 0.2) is 65.4 Å². The van der Waals surface area contributed by atoms with E-state index in [9.17, 15) is 18.0 Å². The first-order chi connectivity index (χ1) is 14.6. The van der Waals surface area contributed by atoms with Gasteiger partial charge in [0.25, 0.3) is 0 Å². The molecule has 1 aliphatic heterocycles. The Labute approximate surface area is 185 Å². The molecule has 2 N–H and O–H groups in total. The molecule has 1 aromatic carbocycles. The first-order valence-electron chi connectivity index (χ1n) is 9.92. The molecule has 1 unspecified atom stereocenters. The molecule has 0 radical (unpaired) electrons. The molecule has 9 heteroatoms. The summed E-state index contributed by atoms with van der Waals surface area (Å²) in [7, 11) is 0. The lowest BCUT2D eigenvalue weighted by molar-refractivity contribution is -0.0799. The second-order valence-corrected chi connectivity index (χ2v) is 7.77. The number of alkyl halides is 3. The van der Waals surface area contributed by atoms with Crippen molar-refractivity contribution in [2.45, 2.75) is 25.6 Å². The number of allylic oxidation sites excluding steroid dienone is 5. The number of nitrogens with zero attached hydrogens (tertiary/aromatic N) is 2. The van der Waals surface area contributed by atoms with Crippen molar-refractivity contribution in [3.8, 4) is 0 Å². The summed E-state index contributed by atoms with van der Waals surface area (Å²) in [5.74, 6) is 0. The van der Waals surface area contributed by atoms with Crippen LogP contribution < -0.4 is 5.73 Å². The van der Waals surface area contributed by atoms with Crippen LogP contribution in [0.2, 0.25) is 0 Å². The number of carbonyl (C=O) groups excluding carboxylic acids is 1. The normalized spacial score (nSPS) is 17.8. The number of nitrogens with two attached hydrogens (primary N) is 1. The highest BCUT2D eigenvalue weighted by atomic mass is 35.5. The van der Waals surface area contributed by atoms with Gasteiger partial charge < -0.3 is 15.4 Å². The SMILES string of the molecule is C\C(Cl)=C/C=C(\C=C\C(F)(F)F)N1CCN(CCC(OC(N)=O)c2ccccc2)CC1. The molecule has 1 saturated heterocycles. The molecule has 0 aliphatic carbocycles. The zero-order chi connectivity index (χ0) is 22.9. The molecule has 1 aliphatic rings. The number of hydrogen-bond donors (Lipinski definition) is 1. The van der Waals surface area contributed by atoms with Crippen molar-refractivity contribution in [1.29, 1.82) is 0 Å². The van der Waals surface area contributed by atoms with Gasteiger partial charge in [-0.3, -0.25) is 4.90 Å². The molecule has 31 heavy (non-hydrogen) atoms. The van der Waals surface area contributed by atoms with Crippen LogP contribution in [-0.2, 0) is 4.74 Å². The predicted molar refractivity (Wildman–Crippen MR) is 115 cm³/mol. The number of piperazine rings is 1. The fourth-order valence-electron chi connectivity index (χ4n) is 3.28. The van der Waals surface area contributed by atoms with Crippen molar-refractivity contribution in [1.82, 2.24) is 9.80 Å². The van der Waals surface area contributed by atoms with Crippen molar-refractivity contribution in [2.75, 3.05) is 32.7 Å². The van der Waals surface area contributed by atoms with Crippen molar-refractivity contribution < 1.29 is 22.7 Å². The number of ether oxygens (including phenoxy) is 1. The Balaban J connectivity index is 1.96. The monoisotopic (exact) mass is 457 g/mol. The Morgan fingerprint density at radius 3 is 2.39 bits per heavy atom. The van der Waals surface area contributed by atoms with Crippen LogP contribution in [0.4, 0.5) is 18.0 Å². The largest absolute Gasteiger partial charge is 0.441 e. The molecule has 1 heterocycles. The van der Waals surface area contributed by atoms with Crippen LogP contribution in [0.5, 0.6) is 0 Å². The minimum Gasteiger partial charge on any atom is -0.441 e. The average Bonchev–Trinajstić information content (AvgIpc) is 2.71. The van der Waals surface area contributed by atoms with Gasteiger partial charge in [0, 0.05) is 55.9 Å². The van der Waals surface area contributed by atoms with Crippen LogP contribution in [-0.4, -0.2) is 54.8 Å². The summed E-state index contributed by atoms with van der Waals surface area (Å²) in [4.78, 5) is 15.3. The van der Waals surface area contributed by atoms with Gasteiger partial charge in [0.1, 0.15) is 6.10 Å². The van der Waals surface area contributed by atoms with E-state index in [0.717, 1.165) is 11.6 Å². The summed E-state index contributed by atoms with van der Waals surface area (Å²) in [5, 5.41) is 0.484. The predicted octanol–water partition coefficient (Wildman–Crippen LogP) is 4.98. The van der Waals surface area contributed by atoms with Crippen LogP contribution >= 0.6 is 11.6 Å². The van der Waals surface area contributed by atoms with Crippen molar-refractivity contribution >= 4 is 17.7 Å². The average molecular weight is 458 g/mol. The molecule has 0 bridgehead atoms. The number of halogens is 4. The smallest absolute Gasteiger partial charge is 0.409 e. The van der Waals surface area contributed by atoms with E-state index in [1.54, 1.807) is 19.1 Å². The van der Waals surface area contributed by atoms with Crippen LogP contribution in [0.3, 0.4) is 0 Å². The number of amides is 1. The van der Waals surface area contributed by atoms with E-state index in [1.807, 2.05) is 35.2 Å². The zero-order valence-corrected chi connectivity index (χ0v) is 18.1. The van der Waals surface area contributed by atoms with Crippen LogP contribution in [0.25, 0.3) is 0 Å². The highest BCUT2D eigenvalue weighted by molar-refractivity contribution is 6.29. The molecule has 0 saturated carbocycles. The van der Waals surface area contributed by atoms with Gasteiger partial charge in [0.2, 0.25) is 0 Å². The summed E-state index contributed by atoms with van der Waals surface area (Å²) in [6, 6.07) is 9.36. The van der Waals surface area contributed by atoms with E-state index in [0.29, 0.717) is 49.9 Å². The van der Waals surface area contributed by atoms with E-state index < -0.39 is 18.4 Å². The number of carbonyl (C=O) groups is 1. The van der Waals surface area contributed by atoms with E-state index in [-0.39, 0.29) is 6.08 Å². The molecule has 2 rings (SSSR count). The van der Waals surface area contributed by atoms with E-state index in [1.165, 1.54) is 0 Å². The van der Waals surface area contributed by atoms with Gasteiger partial charge in [-0.25, -0.2) is 4.79 Å². The summed E-state index contributed by atoms with van der Waals surface area (Å²) < 4.78 is 43.1. The summed E-state index contributed by atoms with van der Waals surface area (Å²) in [6.45, 7) is 4.79. The number of benzene rings is 1. The molecule has 5 nitrogen and oxygen atoms in total. The van der Waals surface area contributed by atoms with Gasteiger partial charge in [-0.2, -0.15) is 13.2 Å². The first kappa shape index (κ1) is 24.8. The van der Waals surface area contributed by atoms with Crippen molar-refractivity contribution in [3.63, 3.8) is 0 Å². The Kier molecular flexibility index (Phi) is 9.45. The third kappa shape index (κ3) is 9.48. The lowest BCUT2D eigenvalue weighted by Gasteiger charge is -2.37. The lowest BCUT2D eigenvalue weighted by atomic mass is 10.1. The Morgan fingerprint density at radius 2 is 1.84 bits per heavy atom. The van der Waals surface area contributed by atoms with Crippen LogP contribution in [0.1, 0.15) is 25.0 Å². The van der Waals surface area contributed by atoms with Crippen molar-refractivity contribution in [2.24, 2.45) is 5.73 Å². The number of primary amides is 1. The van der Waals surface area contributed by atoms with Gasteiger partial charge in [-0.05, 0) is 30.7 Å². The van der Waals surface area contributed by atoms with Gasteiger partial charge >= 0.3 is 12.3 Å². The number of hydrogen-bond acceptors (Lipinski definition) is 4. The zero-order valence-electron chi connectivity index (χ0n) is 17.3. The van der Waals surface area contributed by atoms with Crippen LogP contribution in [0, 0.1) is 0 Å². The standard InChI is InChI=1S/C22H27ClF3N3O2/c1-17(23)7-8-19(9-11-22(24,25)26)29-15-13-28(14-16-29)12-10-20(31-21(27)30)18-5-3-2-4-6-18/h2-9,11,20H,10,12-16H2,1H3,(H2,27,30)/b11-9+,17-7+,19-8+. The van der Waals surface area contributed by atoms with Crippen molar-refractivity contribution in [3.05, 3.63) is 70.9 Å². The van der Waals surface area contributed by atoms with Gasteiger partial charge in [-0.15, -0.1) is 0 Å². The molecule has 1 amide bonds. The van der Waals surface area contributed by atoms with Gasteiger partial charge in [0.15, 0.2) is 0 Å². The fraction of sp³-hybridized carbons (Fsp3) is 0.409. The molecular formula is C22H27ClF3N3O2. The maximum Gasteiger partial charge on any atom is 0.409 e. The highest BCUT2D eigenvalue weighted by Gasteiger charge is 2.24. The maximum atomic E-state index is 12.6. The Bertz CT molecular complexity index is 798. The molecule has 1 aromatic rings. The third-order valence-corrected chi connectivity index (χ3v) is 4.93. The molecule has 1 atom stereocenters. The molecule has 1 fully saturated rings. The van der Waals surface area contributed by atoms with E-state index in [2.05, 4.69) is 4.90 Å². The minimum absolute atomic E-state index is 0.230. The first-order valence-corrected chi connectivity index (χ1v) is 10.3. The fourth-order valence-corrected chi connectivity index (χ4v) is 3.34. The third-order valence-electron chi connectivity index (χ3n) is 4.80. The summed E-state index contributed by atoms with van der Waals surface area (Å²) in [6.07, 6.45) is -0.620. The van der Waals surface area contributed by atoms with E-state index >= 15 is 0 Å². The quantitative estimate of drug-likeness (QED) is 0.559. The molecule has 0 aromatic heterocycles. The van der Waals surface area contributed by atoms with E-state index in [4.69, 9.17) is 22.1 Å². The summed E-state index contributed by atoms with van der Waals surface area (Å²) in [5.41, 5.74) is 6.53. The second kappa shape index (κ2) is 11.8. The number of rotatable bonds is 8. The van der Waals surface area contributed by atoms with Gasteiger partial charge in [0.05, 0.1) is 0 Å². The summed E-state index contributed by atoms with van der Waals surface area (Å²) >= 11 is 5.83. The minimum atomic E-state index is -4.38. The Hall–Kier alpha value is -2.45. The second-order valence-electron chi connectivity index (χ2n) is 7.17. The molecular weight excluding hydrogens is 431 g/mol. The lowest BCUT2D eigenvalue weighted by Crippen LogP contribution is -2.46. The maximum absolute atomic E-state index is 12.6. The topological polar surface area (TPSA) is 58.8 Å². The molecule has 0 spiro atoms.